The van der Waals surface area contributed by atoms with Crippen molar-refractivity contribution < 1.29 is 0 Å². The Morgan fingerprint density at radius 1 is 1.11 bits per heavy atom. The highest BCUT2D eigenvalue weighted by molar-refractivity contribution is 5.85. The summed E-state index contributed by atoms with van der Waals surface area (Å²) in [5, 5.41) is 4.45. The van der Waals surface area contributed by atoms with E-state index in [-0.39, 0.29) is 5.56 Å². The molecule has 0 radical (unpaired) electrons. The van der Waals surface area contributed by atoms with E-state index in [0.717, 1.165) is 24.2 Å². The second kappa shape index (κ2) is 6.38. The Hall–Kier alpha value is -1.58. The molecule has 0 amide bonds. The molecule has 1 aliphatic rings. The molecular formula is C14H21N3O. The molecule has 18 heavy (non-hydrogen) atoms. The van der Waals surface area contributed by atoms with E-state index >= 15 is 0 Å². The maximum absolute atomic E-state index is 11.3. The van der Waals surface area contributed by atoms with Crippen molar-refractivity contribution in [3.05, 3.63) is 28.2 Å². The summed E-state index contributed by atoms with van der Waals surface area (Å²) in [7, 11) is 0. The number of hydrogen-bond donors (Lipinski definition) is 2. The Bertz CT molecular complexity index is 466. The molecule has 1 heterocycles. The average molecular weight is 247 g/mol. The fraction of sp³-hybridized carbons (Fsp3) is 0.571. The lowest BCUT2D eigenvalue weighted by molar-refractivity contribution is 0.606. The van der Waals surface area contributed by atoms with E-state index in [1.54, 1.807) is 6.07 Å². The molecule has 98 valence electrons. The predicted octanol–water partition coefficient (Wildman–Crippen LogP) is 3.20. The lowest BCUT2D eigenvalue weighted by Crippen LogP contribution is -2.09. The number of pyridine rings is 1. The van der Waals surface area contributed by atoms with Crippen molar-refractivity contribution >= 4 is 11.4 Å². The molecule has 2 rings (SSSR count). The van der Waals surface area contributed by atoms with Crippen molar-refractivity contribution in [2.75, 3.05) is 5.43 Å². The van der Waals surface area contributed by atoms with Crippen LogP contribution in [0.15, 0.2) is 22.0 Å². The topological polar surface area (TPSA) is 57.2 Å². The van der Waals surface area contributed by atoms with Crippen molar-refractivity contribution in [2.45, 2.75) is 51.9 Å². The Labute approximate surface area is 108 Å². The maximum atomic E-state index is 11.3. The highest BCUT2D eigenvalue weighted by atomic mass is 16.1. The summed E-state index contributed by atoms with van der Waals surface area (Å²) in [6.45, 7) is 1.87. The van der Waals surface area contributed by atoms with Gasteiger partial charge in [0.25, 0.3) is 0 Å². The number of nitrogens with zero attached hydrogens (tertiary/aromatic N) is 1. The quantitative estimate of drug-likeness (QED) is 0.788. The number of rotatable bonds is 2. The van der Waals surface area contributed by atoms with E-state index in [4.69, 9.17) is 0 Å². The minimum Gasteiger partial charge on any atom is -0.326 e. The third-order valence-electron chi connectivity index (χ3n) is 3.25. The van der Waals surface area contributed by atoms with Gasteiger partial charge in [0.05, 0.1) is 5.69 Å². The molecule has 2 N–H and O–H groups in total. The first-order valence-corrected chi connectivity index (χ1v) is 6.76. The average Bonchev–Trinajstić information content (AvgIpc) is 2.26. The smallest absolute Gasteiger partial charge is 0.250 e. The first-order chi connectivity index (χ1) is 8.74. The SMILES string of the molecule is Cc1cc(NN=C2CCCCCCC2)cc(=O)[nH]1. The zero-order chi connectivity index (χ0) is 12.8. The van der Waals surface area contributed by atoms with E-state index in [9.17, 15) is 4.79 Å². The third-order valence-corrected chi connectivity index (χ3v) is 3.25. The van der Waals surface area contributed by atoms with Crippen molar-refractivity contribution in [3.63, 3.8) is 0 Å². The summed E-state index contributed by atoms with van der Waals surface area (Å²) in [6.07, 6.45) is 8.59. The number of hydrazone groups is 1. The van der Waals surface area contributed by atoms with Crippen LogP contribution in [0.25, 0.3) is 0 Å². The fourth-order valence-corrected chi connectivity index (χ4v) is 2.32. The van der Waals surface area contributed by atoms with Gasteiger partial charge in [0.15, 0.2) is 0 Å². The van der Waals surface area contributed by atoms with Crippen molar-refractivity contribution in [1.29, 1.82) is 0 Å². The molecule has 1 saturated carbocycles. The van der Waals surface area contributed by atoms with Gasteiger partial charge in [0.2, 0.25) is 5.56 Å². The van der Waals surface area contributed by atoms with Gasteiger partial charge in [-0.05, 0) is 38.7 Å². The lowest BCUT2D eigenvalue weighted by Gasteiger charge is -2.11. The summed E-state index contributed by atoms with van der Waals surface area (Å²) >= 11 is 0. The van der Waals surface area contributed by atoms with Crippen molar-refractivity contribution in [3.8, 4) is 0 Å². The fourth-order valence-electron chi connectivity index (χ4n) is 2.32. The molecule has 1 aromatic heterocycles. The van der Waals surface area contributed by atoms with E-state index in [0.29, 0.717) is 0 Å². The molecule has 0 unspecified atom stereocenters. The Kier molecular flexibility index (Phi) is 4.56. The molecule has 4 nitrogen and oxygen atoms in total. The van der Waals surface area contributed by atoms with Crippen LogP contribution in [0, 0.1) is 6.92 Å². The maximum Gasteiger partial charge on any atom is 0.250 e. The first-order valence-electron chi connectivity index (χ1n) is 6.76. The number of aryl methyl sites for hydroxylation is 1. The summed E-state index contributed by atoms with van der Waals surface area (Å²) in [5.41, 5.74) is 5.77. The molecule has 4 heteroatoms. The molecular weight excluding hydrogens is 226 g/mol. The van der Waals surface area contributed by atoms with Crippen LogP contribution in [0.1, 0.15) is 50.6 Å². The molecule has 1 fully saturated rings. The van der Waals surface area contributed by atoms with Crippen LogP contribution in [-0.2, 0) is 0 Å². The molecule has 0 spiro atoms. The van der Waals surface area contributed by atoms with Crippen LogP contribution in [0.2, 0.25) is 0 Å². The number of aromatic nitrogens is 1. The van der Waals surface area contributed by atoms with Crippen LogP contribution in [0.4, 0.5) is 5.69 Å². The second-order valence-electron chi connectivity index (χ2n) is 4.97. The van der Waals surface area contributed by atoms with Gasteiger partial charge in [-0.2, -0.15) is 5.10 Å². The highest BCUT2D eigenvalue weighted by Crippen LogP contribution is 2.15. The Morgan fingerprint density at radius 2 is 1.78 bits per heavy atom. The second-order valence-corrected chi connectivity index (χ2v) is 4.97. The molecule has 1 aliphatic carbocycles. The van der Waals surface area contributed by atoms with Gasteiger partial charge in [0, 0.05) is 17.5 Å². The highest BCUT2D eigenvalue weighted by Gasteiger charge is 2.04. The van der Waals surface area contributed by atoms with Gasteiger partial charge in [-0.25, -0.2) is 0 Å². The summed E-state index contributed by atoms with van der Waals surface area (Å²) in [6, 6.07) is 3.44. The van der Waals surface area contributed by atoms with Crippen molar-refractivity contribution in [2.24, 2.45) is 5.10 Å². The first kappa shape index (κ1) is 12.9. The van der Waals surface area contributed by atoms with Crippen LogP contribution in [0.3, 0.4) is 0 Å². The van der Waals surface area contributed by atoms with E-state index in [1.807, 2.05) is 13.0 Å². The normalized spacial score (nSPS) is 16.8. The number of hydrogen-bond acceptors (Lipinski definition) is 3. The molecule has 0 aromatic carbocycles. The van der Waals surface area contributed by atoms with Crippen LogP contribution in [0.5, 0.6) is 0 Å². The van der Waals surface area contributed by atoms with Crippen LogP contribution in [-0.4, -0.2) is 10.7 Å². The van der Waals surface area contributed by atoms with Gasteiger partial charge >= 0.3 is 0 Å². The van der Waals surface area contributed by atoms with Crippen LogP contribution < -0.4 is 11.0 Å². The van der Waals surface area contributed by atoms with Gasteiger partial charge in [0.1, 0.15) is 0 Å². The molecule has 1 aromatic rings. The van der Waals surface area contributed by atoms with E-state index < -0.39 is 0 Å². The van der Waals surface area contributed by atoms with Gasteiger partial charge in [-0.15, -0.1) is 0 Å². The molecule has 0 atom stereocenters. The summed E-state index contributed by atoms with van der Waals surface area (Å²) in [4.78, 5) is 14.0. The summed E-state index contributed by atoms with van der Waals surface area (Å²) in [5.74, 6) is 0. The van der Waals surface area contributed by atoms with E-state index in [1.165, 1.54) is 37.8 Å². The number of H-pyrrole nitrogens is 1. The predicted molar refractivity (Wildman–Crippen MR) is 75.2 cm³/mol. The zero-order valence-electron chi connectivity index (χ0n) is 11.0. The molecule has 0 bridgehead atoms. The van der Waals surface area contributed by atoms with Gasteiger partial charge < -0.3 is 4.98 Å². The van der Waals surface area contributed by atoms with E-state index in [2.05, 4.69) is 15.5 Å². The number of anilines is 1. The molecule has 0 saturated heterocycles. The van der Waals surface area contributed by atoms with Crippen LogP contribution >= 0.6 is 0 Å². The minimum atomic E-state index is -0.0876. The number of nitrogens with one attached hydrogen (secondary N) is 2. The van der Waals surface area contributed by atoms with Gasteiger partial charge in [-0.3, -0.25) is 10.2 Å². The standard InChI is InChI=1S/C14H21N3O/c1-11-9-13(10-14(18)15-11)17-16-12-7-5-3-2-4-6-8-12/h9-10H,2-8H2,1H3,(H2,15,17,18). The Morgan fingerprint density at radius 3 is 2.44 bits per heavy atom. The lowest BCUT2D eigenvalue weighted by atomic mass is 9.99. The molecule has 0 aliphatic heterocycles. The van der Waals surface area contributed by atoms with Crippen molar-refractivity contribution in [1.82, 2.24) is 4.98 Å². The van der Waals surface area contributed by atoms with Gasteiger partial charge in [-0.1, -0.05) is 19.3 Å². The number of aromatic amines is 1. The largest absolute Gasteiger partial charge is 0.326 e. The zero-order valence-corrected chi connectivity index (χ0v) is 11.0. The minimum absolute atomic E-state index is 0.0876. The third kappa shape index (κ3) is 4.02. The summed E-state index contributed by atoms with van der Waals surface area (Å²) < 4.78 is 0. The Balaban J connectivity index is 2.01. The monoisotopic (exact) mass is 247 g/mol.